The first kappa shape index (κ1) is 19.2. The van der Waals surface area contributed by atoms with Gasteiger partial charge in [0.25, 0.3) is 0 Å². The second kappa shape index (κ2) is 9.36. The Bertz CT molecular complexity index is 611. The maximum Gasteiger partial charge on any atom is 0.215 e. The summed E-state index contributed by atoms with van der Waals surface area (Å²) < 4.78 is 31.3. The molecule has 1 saturated heterocycles. The molecule has 0 spiro atoms. The molecule has 0 radical (unpaired) electrons. The van der Waals surface area contributed by atoms with Crippen LogP contribution >= 0.6 is 11.3 Å². The summed E-state index contributed by atoms with van der Waals surface area (Å²) in [5.41, 5.74) is 0. The molecule has 0 aromatic carbocycles. The van der Waals surface area contributed by atoms with Crippen molar-refractivity contribution < 1.29 is 13.2 Å². The number of morpholine rings is 1. The van der Waals surface area contributed by atoms with Gasteiger partial charge in [-0.05, 0) is 17.9 Å². The van der Waals surface area contributed by atoms with E-state index in [0.29, 0.717) is 38.8 Å². The highest BCUT2D eigenvalue weighted by atomic mass is 32.2. The summed E-state index contributed by atoms with van der Waals surface area (Å²) in [5, 5.41) is 5.21. The average Bonchev–Trinajstić information content (AvgIpc) is 3.11. The van der Waals surface area contributed by atoms with Crippen molar-refractivity contribution in [1.82, 2.24) is 14.5 Å². The standard InChI is InChI=1S/C15H26N4O3S2/c1-16-15(18(2)7-5-14-4-3-12-23-14)17-6-13-24(20,21)19-8-10-22-11-9-19/h3-4,12H,5-11,13H2,1-2H3,(H,16,17). The number of aliphatic imine (C=N–C) groups is 1. The van der Waals surface area contributed by atoms with Gasteiger partial charge < -0.3 is 15.0 Å². The van der Waals surface area contributed by atoms with Gasteiger partial charge in [-0.1, -0.05) is 6.07 Å². The first-order valence-electron chi connectivity index (χ1n) is 8.02. The lowest BCUT2D eigenvalue weighted by molar-refractivity contribution is 0.0730. The van der Waals surface area contributed by atoms with Crippen LogP contribution in [-0.4, -0.2) is 82.8 Å². The van der Waals surface area contributed by atoms with Gasteiger partial charge >= 0.3 is 0 Å². The van der Waals surface area contributed by atoms with E-state index in [2.05, 4.69) is 21.8 Å². The summed E-state index contributed by atoms with van der Waals surface area (Å²) in [6, 6.07) is 4.16. The van der Waals surface area contributed by atoms with Gasteiger partial charge in [0, 0.05) is 45.2 Å². The van der Waals surface area contributed by atoms with Gasteiger partial charge in [0.05, 0.1) is 19.0 Å². The van der Waals surface area contributed by atoms with Crippen molar-refractivity contribution in [2.45, 2.75) is 6.42 Å². The van der Waals surface area contributed by atoms with E-state index < -0.39 is 10.0 Å². The fourth-order valence-corrected chi connectivity index (χ4v) is 4.49. The summed E-state index contributed by atoms with van der Waals surface area (Å²) >= 11 is 1.74. The van der Waals surface area contributed by atoms with Crippen molar-refractivity contribution in [1.29, 1.82) is 0 Å². The molecule has 1 N–H and O–H groups in total. The largest absolute Gasteiger partial charge is 0.379 e. The number of nitrogens with zero attached hydrogens (tertiary/aromatic N) is 3. The molecule has 24 heavy (non-hydrogen) atoms. The van der Waals surface area contributed by atoms with Crippen LogP contribution in [0.15, 0.2) is 22.5 Å². The fraction of sp³-hybridized carbons (Fsp3) is 0.667. The van der Waals surface area contributed by atoms with E-state index in [1.54, 1.807) is 18.4 Å². The lowest BCUT2D eigenvalue weighted by Gasteiger charge is -2.26. The molecule has 1 aromatic rings. The molecule has 0 bridgehead atoms. The van der Waals surface area contributed by atoms with E-state index in [4.69, 9.17) is 4.74 Å². The smallest absolute Gasteiger partial charge is 0.215 e. The van der Waals surface area contributed by atoms with Crippen LogP contribution in [0.5, 0.6) is 0 Å². The van der Waals surface area contributed by atoms with E-state index in [0.717, 1.165) is 13.0 Å². The van der Waals surface area contributed by atoms with Crippen molar-refractivity contribution in [2.75, 3.05) is 59.2 Å². The quantitative estimate of drug-likeness (QED) is 0.554. The lowest BCUT2D eigenvalue weighted by atomic mass is 10.3. The van der Waals surface area contributed by atoms with Gasteiger partial charge in [-0.15, -0.1) is 11.3 Å². The molecule has 7 nitrogen and oxygen atoms in total. The summed E-state index contributed by atoms with van der Waals surface area (Å²) in [6.07, 6.45) is 0.945. The van der Waals surface area contributed by atoms with Crippen LogP contribution in [0.25, 0.3) is 0 Å². The third kappa shape index (κ3) is 5.73. The molecular weight excluding hydrogens is 348 g/mol. The van der Waals surface area contributed by atoms with Crippen molar-refractivity contribution >= 4 is 27.3 Å². The molecule has 1 fully saturated rings. The van der Waals surface area contributed by atoms with Gasteiger partial charge in [0.2, 0.25) is 10.0 Å². The summed E-state index contributed by atoms with van der Waals surface area (Å²) in [7, 11) is 0.425. The Labute approximate surface area is 148 Å². The minimum atomic E-state index is -3.24. The molecule has 0 unspecified atom stereocenters. The second-order valence-electron chi connectivity index (χ2n) is 5.55. The number of guanidine groups is 1. The molecular formula is C15H26N4O3S2. The zero-order valence-electron chi connectivity index (χ0n) is 14.3. The molecule has 0 saturated carbocycles. The Morgan fingerprint density at radius 3 is 2.83 bits per heavy atom. The molecule has 0 atom stereocenters. The molecule has 1 aromatic heterocycles. The zero-order chi connectivity index (χ0) is 17.4. The maximum absolute atomic E-state index is 12.3. The number of hydrogen-bond acceptors (Lipinski definition) is 5. The molecule has 0 aliphatic carbocycles. The Balaban J connectivity index is 1.76. The Hall–Kier alpha value is -1.16. The third-order valence-corrected chi connectivity index (χ3v) is 6.66. The van der Waals surface area contributed by atoms with Crippen LogP contribution < -0.4 is 5.32 Å². The van der Waals surface area contributed by atoms with Gasteiger partial charge in [0.1, 0.15) is 0 Å². The van der Waals surface area contributed by atoms with Crippen LogP contribution in [0, 0.1) is 0 Å². The Morgan fingerprint density at radius 1 is 1.46 bits per heavy atom. The minimum absolute atomic E-state index is 0.0603. The van der Waals surface area contributed by atoms with Gasteiger partial charge in [-0.2, -0.15) is 4.31 Å². The van der Waals surface area contributed by atoms with E-state index in [1.807, 2.05) is 18.0 Å². The van der Waals surface area contributed by atoms with Crippen LogP contribution in [0.3, 0.4) is 0 Å². The van der Waals surface area contributed by atoms with E-state index in [9.17, 15) is 8.42 Å². The highest BCUT2D eigenvalue weighted by molar-refractivity contribution is 7.89. The summed E-state index contributed by atoms with van der Waals surface area (Å²) in [4.78, 5) is 7.57. The van der Waals surface area contributed by atoms with Crippen LogP contribution in [0.1, 0.15) is 4.88 Å². The number of hydrogen-bond donors (Lipinski definition) is 1. The number of rotatable bonds is 7. The SMILES string of the molecule is CN=C(NCCS(=O)(=O)N1CCOCC1)N(C)CCc1cccs1. The van der Waals surface area contributed by atoms with Crippen LogP contribution in [-0.2, 0) is 21.2 Å². The van der Waals surface area contributed by atoms with Gasteiger partial charge in [-0.25, -0.2) is 8.42 Å². The zero-order valence-corrected chi connectivity index (χ0v) is 15.9. The molecule has 136 valence electrons. The van der Waals surface area contributed by atoms with E-state index >= 15 is 0 Å². The fourth-order valence-electron chi connectivity index (χ4n) is 2.47. The van der Waals surface area contributed by atoms with Crippen molar-refractivity contribution in [3.63, 3.8) is 0 Å². The third-order valence-electron chi connectivity index (χ3n) is 3.85. The Morgan fingerprint density at radius 2 is 2.21 bits per heavy atom. The van der Waals surface area contributed by atoms with Crippen LogP contribution in [0.4, 0.5) is 0 Å². The highest BCUT2D eigenvalue weighted by Gasteiger charge is 2.23. The lowest BCUT2D eigenvalue weighted by Crippen LogP contribution is -2.45. The number of thiophene rings is 1. The van der Waals surface area contributed by atoms with Gasteiger partial charge in [0.15, 0.2) is 5.96 Å². The molecule has 2 heterocycles. The van der Waals surface area contributed by atoms with Crippen molar-refractivity contribution in [3.8, 4) is 0 Å². The van der Waals surface area contributed by atoms with Crippen molar-refractivity contribution in [3.05, 3.63) is 22.4 Å². The van der Waals surface area contributed by atoms with Crippen molar-refractivity contribution in [2.24, 2.45) is 4.99 Å². The number of sulfonamides is 1. The highest BCUT2D eigenvalue weighted by Crippen LogP contribution is 2.09. The first-order valence-corrected chi connectivity index (χ1v) is 10.5. The Kier molecular flexibility index (Phi) is 7.47. The average molecular weight is 375 g/mol. The maximum atomic E-state index is 12.3. The van der Waals surface area contributed by atoms with E-state index in [-0.39, 0.29) is 5.75 Å². The van der Waals surface area contributed by atoms with Gasteiger partial charge in [-0.3, -0.25) is 4.99 Å². The van der Waals surface area contributed by atoms with E-state index in [1.165, 1.54) is 9.18 Å². The molecule has 2 rings (SSSR count). The predicted molar refractivity (Wildman–Crippen MR) is 98.2 cm³/mol. The number of ether oxygens (including phenoxy) is 1. The topological polar surface area (TPSA) is 74.2 Å². The second-order valence-corrected chi connectivity index (χ2v) is 8.67. The summed E-state index contributed by atoms with van der Waals surface area (Å²) in [6.45, 7) is 3.00. The number of likely N-dealkylation sites (N-methyl/N-ethyl adjacent to an activating group) is 1. The molecule has 1 aliphatic heterocycles. The molecule has 1 aliphatic rings. The normalized spacial score (nSPS) is 17.0. The number of nitrogens with one attached hydrogen (secondary N) is 1. The first-order chi connectivity index (χ1) is 11.5. The van der Waals surface area contributed by atoms with Crippen LogP contribution in [0.2, 0.25) is 0 Å². The summed E-state index contributed by atoms with van der Waals surface area (Å²) in [5.74, 6) is 0.772. The minimum Gasteiger partial charge on any atom is -0.379 e. The monoisotopic (exact) mass is 374 g/mol. The predicted octanol–water partition coefficient (Wildman–Crippen LogP) is 0.460. The molecule has 0 amide bonds. The molecule has 9 heteroatoms.